The van der Waals surface area contributed by atoms with Crippen LogP contribution in [0.5, 0.6) is 0 Å². The molecular weight excluding hydrogens is 340 g/mol. The SMILES string of the molecule is O=C(CN(Cc1ccccc1)c1ccccc1)N1CCC2(CC1)OCCO2. The van der Waals surface area contributed by atoms with Gasteiger partial charge in [-0.3, -0.25) is 4.79 Å². The van der Waals surface area contributed by atoms with Crippen molar-refractivity contribution in [3.05, 3.63) is 66.2 Å². The Hall–Kier alpha value is -2.37. The summed E-state index contributed by atoms with van der Waals surface area (Å²) in [5.41, 5.74) is 2.25. The van der Waals surface area contributed by atoms with E-state index in [2.05, 4.69) is 29.2 Å². The Bertz CT molecular complexity index is 735. The van der Waals surface area contributed by atoms with E-state index in [1.54, 1.807) is 0 Å². The highest BCUT2D eigenvalue weighted by molar-refractivity contribution is 5.81. The number of hydrogen-bond acceptors (Lipinski definition) is 4. The highest BCUT2D eigenvalue weighted by Gasteiger charge is 2.40. The topological polar surface area (TPSA) is 42.0 Å². The summed E-state index contributed by atoms with van der Waals surface area (Å²) >= 11 is 0. The molecule has 0 aromatic heterocycles. The van der Waals surface area contributed by atoms with Crippen LogP contribution in [0.25, 0.3) is 0 Å². The Morgan fingerprint density at radius 3 is 2.15 bits per heavy atom. The van der Waals surface area contributed by atoms with E-state index in [0.29, 0.717) is 39.4 Å². The summed E-state index contributed by atoms with van der Waals surface area (Å²) in [5, 5.41) is 0. The smallest absolute Gasteiger partial charge is 0.242 e. The van der Waals surface area contributed by atoms with E-state index in [0.717, 1.165) is 18.5 Å². The number of anilines is 1. The molecule has 2 heterocycles. The summed E-state index contributed by atoms with van der Waals surface area (Å²) < 4.78 is 11.5. The van der Waals surface area contributed by atoms with Crippen LogP contribution in [0.4, 0.5) is 5.69 Å². The molecule has 2 aromatic carbocycles. The largest absolute Gasteiger partial charge is 0.358 e. The van der Waals surface area contributed by atoms with Crippen molar-refractivity contribution in [2.24, 2.45) is 0 Å². The summed E-state index contributed by atoms with van der Waals surface area (Å²) in [6, 6.07) is 20.4. The Morgan fingerprint density at radius 1 is 0.926 bits per heavy atom. The third-order valence-corrected chi connectivity index (χ3v) is 5.36. The van der Waals surface area contributed by atoms with Crippen LogP contribution in [0, 0.1) is 0 Å². The normalized spacial score (nSPS) is 18.6. The zero-order valence-corrected chi connectivity index (χ0v) is 15.5. The number of amides is 1. The molecule has 0 atom stereocenters. The van der Waals surface area contributed by atoms with Crippen LogP contribution in [0.2, 0.25) is 0 Å². The molecule has 5 nitrogen and oxygen atoms in total. The second-order valence-electron chi connectivity index (χ2n) is 7.17. The molecule has 1 spiro atoms. The van der Waals surface area contributed by atoms with Gasteiger partial charge in [-0.1, -0.05) is 48.5 Å². The fourth-order valence-electron chi connectivity index (χ4n) is 3.83. The van der Waals surface area contributed by atoms with Crippen LogP contribution in [0.3, 0.4) is 0 Å². The van der Waals surface area contributed by atoms with Gasteiger partial charge < -0.3 is 19.3 Å². The molecule has 0 saturated carbocycles. The van der Waals surface area contributed by atoms with Gasteiger partial charge in [0.2, 0.25) is 5.91 Å². The molecule has 2 aliphatic heterocycles. The van der Waals surface area contributed by atoms with E-state index >= 15 is 0 Å². The summed E-state index contributed by atoms with van der Waals surface area (Å²) in [4.78, 5) is 17.1. The molecule has 2 aliphatic rings. The second kappa shape index (κ2) is 8.11. The number of piperidine rings is 1. The molecule has 2 aromatic rings. The van der Waals surface area contributed by atoms with Crippen LogP contribution in [-0.2, 0) is 20.8 Å². The third kappa shape index (κ3) is 4.31. The highest BCUT2D eigenvalue weighted by atomic mass is 16.7. The quantitative estimate of drug-likeness (QED) is 0.816. The Balaban J connectivity index is 1.42. The van der Waals surface area contributed by atoms with Gasteiger partial charge in [-0.15, -0.1) is 0 Å². The number of nitrogens with zero attached hydrogens (tertiary/aromatic N) is 2. The lowest BCUT2D eigenvalue weighted by Gasteiger charge is -2.38. The van der Waals surface area contributed by atoms with Crippen LogP contribution in [-0.4, -0.2) is 49.4 Å². The summed E-state index contributed by atoms with van der Waals surface area (Å²) in [7, 11) is 0. The molecule has 0 radical (unpaired) electrons. The van der Waals surface area contributed by atoms with Gasteiger partial charge in [-0.2, -0.15) is 0 Å². The van der Waals surface area contributed by atoms with E-state index < -0.39 is 5.79 Å². The molecule has 5 heteroatoms. The molecule has 2 saturated heterocycles. The Labute approximate surface area is 160 Å². The molecular formula is C22H26N2O3. The van der Waals surface area contributed by atoms with Gasteiger partial charge in [-0.05, 0) is 17.7 Å². The first-order valence-corrected chi connectivity index (χ1v) is 9.64. The number of ether oxygens (including phenoxy) is 2. The first-order chi connectivity index (χ1) is 13.2. The molecule has 0 bridgehead atoms. The van der Waals surface area contributed by atoms with E-state index in [-0.39, 0.29) is 5.91 Å². The van der Waals surface area contributed by atoms with Gasteiger partial charge in [-0.25, -0.2) is 0 Å². The monoisotopic (exact) mass is 366 g/mol. The standard InChI is InChI=1S/C22H26N2O3/c25-21(23-13-11-22(12-14-23)26-15-16-27-22)18-24(20-9-5-2-6-10-20)17-19-7-3-1-4-8-19/h1-10H,11-18H2. The molecule has 1 amide bonds. The molecule has 4 rings (SSSR count). The van der Waals surface area contributed by atoms with Gasteiger partial charge >= 0.3 is 0 Å². The number of carbonyl (C=O) groups excluding carboxylic acids is 1. The van der Waals surface area contributed by atoms with E-state index in [1.807, 2.05) is 41.3 Å². The average molecular weight is 366 g/mol. The Kier molecular flexibility index (Phi) is 5.41. The maximum Gasteiger partial charge on any atom is 0.242 e. The average Bonchev–Trinajstić information content (AvgIpc) is 3.17. The van der Waals surface area contributed by atoms with Crippen molar-refractivity contribution in [1.82, 2.24) is 4.90 Å². The van der Waals surface area contributed by atoms with Crippen molar-refractivity contribution in [1.29, 1.82) is 0 Å². The van der Waals surface area contributed by atoms with Crippen LogP contribution in [0.1, 0.15) is 18.4 Å². The number of hydrogen-bond donors (Lipinski definition) is 0. The van der Waals surface area contributed by atoms with E-state index in [4.69, 9.17) is 9.47 Å². The first kappa shape index (κ1) is 18.0. The minimum Gasteiger partial charge on any atom is -0.358 e. The summed E-state index contributed by atoms with van der Waals surface area (Å²) in [6.45, 7) is 3.77. The number of rotatable bonds is 5. The maximum absolute atomic E-state index is 13.0. The molecule has 0 aliphatic carbocycles. The minimum atomic E-state index is -0.445. The first-order valence-electron chi connectivity index (χ1n) is 9.64. The fraction of sp³-hybridized carbons (Fsp3) is 0.409. The number of benzene rings is 2. The lowest BCUT2D eigenvalue weighted by Crippen LogP contribution is -2.49. The van der Waals surface area contributed by atoms with Crippen molar-refractivity contribution in [3.63, 3.8) is 0 Å². The van der Waals surface area contributed by atoms with Crippen molar-refractivity contribution < 1.29 is 14.3 Å². The molecule has 142 valence electrons. The predicted octanol–water partition coefficient (Wildman–Crippen LogP) is 3.06. The van der Waals surface area contributed by atoms with Gasteiger partial charge in [0.15, 0.2) is 5.79 Å². The van der Waals surface area contributed by atoms with Gasteiger partial charge in [0.25, 0.3) is 0 Å². The lowest BCUT2D eigenvalue weighted by molar-refractivity contribution is -0.187. The lowest BCUT2D eigenvalue weighted by atomic mass is 10.0. The van der Waals surface area contributed by atoms with Crippen LogP contribution < -0.4 is 4.90 Å². The summed E-state index contributed by atoms with van der Waals surface area (Å²) in [5.74, 6) is -0.289. The zero-order valence-electron chi connectivity index (χ0n) is 15.5. The van der Waals surface area contributed by atoms with Crippen molar-refractivity contribution in [2.75, 3.05) is 37.7 Å². The van der Waals surface area contributed by atoms with Crippen LogP contribution >= 0.6 is 0 Å². The zero-order chi connectivity index (χ0) is 18.5. The van der Waals surface area contributed by atoms with Crippen molar-refractivity contribution in [3.8, 4) is 0 Å². The van der Waals surface area contributed by atoms with E-state index in [1.165, 1.54) is 5.56 Å². The van der Waals surface area contributed by atoms with Crippen LogP contribution in [0.15, 0.2) is 60.7 Å². The second-order valence-corrected chi connectivity index (χ2v) is 7.17. The molecule has 2 fully saturated rings. The van der Waals surface area contributed by atoms with Gasteiger partial charge in [0, 0.05) is 38.2 Å². The predicted molar refractivity (Wildman–Crippen MR) is 104 cm³/mol. The molecule has 0 unspecified atom stereocenters. The molecule has 0 N–H and O–H groups in total. The number of para-hydroxylation sites is 1. The van der Waals surface area contributed by atoms with E-state index in [9.17, 15) is 4.79 Å². The van der Waals surface area contributed by atoms with Gasteiger partial charge in [0.05, 0.1) is 19.8 Å². The van der Waals surface area contributed by atoms with Crippen molar-refractivity contribution >= 4 is 11.6 Å². The van der Waals surface area contributed by atoms with Crippen molar-refractivity contribution in [2.45, 2.75) is 25.2 Å². The number of likely N-dealkylation sites (tertiary alicyclic amines) is 1. The maximum atomic E-state index is 13.0. The number of carbonyl (C=O) groups is 1. The third-order valence-electron chi connectivity index (χ3n) is 5.36. The van der Waals surface area contributed by atoms with Gasteiger partial charge in [0.1, 0.15) is 0 Å². The fourth-order valence-corrected chi connectivity index (χ4v) is 3.83. The minimum absolute atomic E-state index is 0.155. The summed E-state index contributed by atoms with van der Waals surface area (Å²) in [6.07, 6.45) is 1.51. The Morgan fingerprint density at radius 2 is 1.52 bits per heavy atom. The molecule has 27 heavy (non-hydrogen) atoms. The highest BCUT2D eigenvalue weighted by Crippen LogP contribution is 2.31.